The fourth-order valence-corrected chi connectivity index (χ4v) is 4.39. The zero-order valence-corrected chi connectivity index (χ0v) is 17.4. The molecule has 26 heavy (non-hydrogen) atoms. The zero-order chi connectivity index (χ0) is 19.3. The van der Waals surface area contributed by atoms with Crippen molar-refractivity contribution in [2.24, 2.45) is 5.92 Å². The molecule has 1 amide bonds. The Morgan fingerprint density at radius 3 is 2.35 bits per heavy atom. The summed E-state index contributed by atoms with van der Waals surface area (Å²) >= 11 is 11.9. The third kappa shape index (κ3) is 6.61. The predicted molar refractivity (Wildman–Crippen MR) is 106 cm³/mol. The second kappa shape index (κ2) is 9.26. The summed E-state index contributed by atoms with van der Waals surface area (Å²) in [6.07, 6.45) is 4.21. The van der Waals surface area contributed by atoms with Crippen molar-refractivity contribution in [1.82, 2.24) is 10.2 Å². The highest BCUT2D eigenvalue weighted by Crippen LogP contribution is 2.27. The molecule has 1 aromatic carbocycles. The highest BCUT2D eigenvalue weighted by molar-refractivity contribution is 7.92. The zero-order valence-electron chi connectivity index (χ0n) is 15.0. The van der Waals surface area contributed by atoms with Crippen LogP contribution in [-0.4, -0.2) is 58.7 Å². The van der Waals surface area contributed by atoms with Gasteiger partial charge in [0.25, 0.3) is 0 Å². The van der Waals surface area contributed by atoms with Crippen LogP contribution in [0.1, 0.15) is 19.3 Å². The lowest BCUT2D eigenvalue weighted by Crippen LogP contribution is -2.41. The SMILES string of the molecule is CN1CCC(CCNC(=O)CN(c2cc(Cl)cc(Cl)c2)S(C)(=O)=O)CC1. The summed E-state index contributed by atoms with van der Waals surface area (Å²) in [7, 11) is -1.54. The first-order valence-electron chi connectivity index (χ1n) is 8.54. The van der Waals surface area contributed by atoms with Crippen LogP contribution in [0.15, 0.2) is 18.2 Å². The van der Waals surface area contributed by atoms with Gasteiger partial charge in [-0.1, -0.05) is 23.2 Å². The topological polar surface area (TPSA) is 69.7 Å². The Hall–Kier alpha value is -1.02. The molecule has 0 spiro atoms. The number of nitrogens with zero attached hydrogens (tertiary/aromatic N) is 2. The van der Waals surface area contributed by atoms with Crippen LogP contribution in [-0.2, 0) is 14.8 Å². The lowest BCUT2D eigenvalue weighted by atomic mass is 9.94. The van der Waals surface area contributed by atoms with Gasteiger partial charge in [-0.05, 0) is 63.5 Å². The number of halogens is 2. The normalized spacial score (nSPS) is 16.5. The molecule has 0 saturated carbocycles. The molecule has 0 aromatic heterocycles. The lowest BCUT2D eigenvalue weighted by Gasteiger charge is -2.29. The van der Waals surface area contributed by atoms with E-state index in [0.29, 0.717) is 22.5 Å². The first-order chi connectivity index (χ1) is 12.1. The van der Waals surface area contributed by atoms with Gasteiger partial charge in [0, 0.05) is 16.6 Å². The Morgan fingerprint density at radius 2 is 1.81 bits per heavy atom. The maximum absolute atomic E-state index is 12.2. The average molecular weight is 422 g/mol. The van der Waals surface area contributed by atoms with Gasteiger partial charge in [-0.15, -0.1) is 0 Å². The number of hydrogen-bond donors (Lipinski definition) is 1. The summed E-state index contributed by atoms with van der Waals surface area (Å²) in [4.78, 5) is 14.5. The Labute approximate surface area is 165 Å². The van der Waals surface area contributed by atoms with Crippen molar-refractivity contribution in [3.05, 3.63) is 28.2 Å². The molecule has 2 rings (SSSR count). The molecule has 1 N–H and O–H groups in total. The number of nitrogens with one attached hydrogen (secondary N) is 1. The van der Waals surface area contributed by atoms with Crippen LogP contribution in [0, 0.1) is 5.92 Å². The summed E-state index contributed by atoms with van der Waals surface area (Å²) in [5.41, 5.74) is 0.274. The standard InChI is InChI=1S/C17H25Cl2N3O3S/c1-21-7-4-13(5-8-21)3-6-20-17(23)12-22(26(2,24)25)16-10-14(18)9-15(19)11-16/h9-11,13H,3-8,12H2,1-2H3,(H,20,23). The Morgan fingerprint density at radius 1 is 1.23 bits per heavy atom. The number of piperidine rings is 1. The van der Waals surface area contributed by atoms with Gasteiger partial charge in [0.1, 0.15) is 6.54 Å². The molecule has 0 radical (unpaired) electrons. The molecule has 1 fully saturated rings. The number of carbonyl (C=O) groups excluding carboxylic acids is 1. The van der Waals surface area contributed by atoms with E-state index < -0.39 is 10.0 Å². The summed E-state index contributed by atoms with van der Waals surface area (Å²) < 4.78 is 25.2. The third-order valence-corrected chi connectivity index (χ3v) is 6.11. The van der Waals surface area contributed by atoms with Gasteiger partial charge < -0.3 is 10.2 Å². The lowest BCUT2D eigenvalue weighted by molar-refractivity contribution is -0.119. The van der Waals surface area contributed by atoms with Crippen LogP contribution in [0.5, 0.6) is 0 Å². The van der Waals surface area contributed by atoms with Gasteiger partial charge in [-0.25, -0.2) is 8.42 Å². The number of sulfonamides is 1. The highest BCUT2D eigenvalue weighted by atomic mass is 35.5. The van der Waals surface area contributed by atoms with Crippen LogP contribution in [0.2, 0.25) is 10.0 Å². The Kier molecular flexibility index (Phi) is 7.58. The van der Waals surface area contributed by atoms with Gasteiger partial charge >= 0.3 is 0 Å². The summed E-state index contributed by atoms with van der Waals surface area (Å²) in [5, 5.41) is 3.44. The Bertz CT molecular complexity index is 715. The minimum Gasteiger partial charge on any atom is -0.355 e. The van der Waals surface area contributed by atoms with Gasteiger partial charge in [-0.2, -0.15) is 0 Å². The van der Waals surface area contributed by atoms with Gasteiger partial charge in [-0.3, -0.25) is 9.10 Å². The van der Waals surface area contributed by atoms with Crippen molar-refractivity contribution in [1.29, 1.82) is 0 Å². The number of carbonyl (C=O) groups is 1. The largest absolute Gasteiger partial charge is 0.355 e. The van der Waals surface area contributed by atoms with E-state index in [0.717, 1.165) is 42.9 Å². The molecule has 9 heteroatoms. The molecule has 0 bridgehead atoms. The van der Waals surface area contributed by atoms with E-state index in [1.54, 1.807) is 0 Å². The van der Waals surface area contributed by atoms with E-state index >= 15 is 0 Å². The number of rotatable bonds is 7. The molecule has 1 saturated heterocycles. The summed E-state index contributed by atoms with van der Waals surface area (Å²) in [5.74, 6) is 0.253. The molecule has 146 valence electrons. The first kappa shape index (κ1) is 21.3. The van der Waals surface area contributed by atoms with Crippen molar-refractivity contribution >= 4 is 44.8 Å². The van der Waals surface area contributed by atoms with Crippen molar-refractivity contribution in [3.8, 4) is 0 Å². The number of likely N-dealkylation sites (tertiary alicyclic amines) is 1. The van der Waals surface area contributed by atoms with Crippen LogP contribution in [0.25, 0.3) is 0 Å². The molecule has 1 aromatic rings. The smallest absolute Gasteiger partial charge is 0.240 e. The van der Waals surface area contributed by atoms with Crippen LogP contribution in [0.4, 0.5) is 5.69 Å². The monoisotopic (exact) mass is 421 g/mol. The molecule has 1 aliphatic rings. The van der Waals surface area contributed by atoms with Crippen LogP contribution in [0.3, 0.4) is 0 Å². The first-order valence-corrected chi connectivity index (χ1v) is 11.1. The summed E-state index contributed by atoms with van der Waals surface area (Å²) in [6.45, 7) is 2.40. The highest BCUT2D eigenvalue weighted by Gasteiger charge is 2.22. The van der Waals surface area contributed by atoms with Gasteiger partial charge in [0.05, 0.1) is 11.9 Å². The van der Waals surface area contributed by atoms with Gasteiger partial charge in [0.15, 0.2) is 0 Å². The molecule has 0 unspecified atom stereocenters. The third-order valence-electron chi connectivity index (χ3n) is 4.54. The number of amides is 1. The van der Waals surface area contributed by atoms with Crippen molar-refractivity contribution in [2.75, 3.05) is 43.8 Å². The van der Waals surface area contributed by atoms with Crippen molar-refractivity contribution in [3.63, 3.8) is 0 Å². The van der Waals surface area contributed by atoms with Gasteiger partial charge in [0.2, 0.25) is 15.9 Å². The minimum absolute atomic E-state index is 0.274. The van der Waals surface area contributed by atoms with E-state index in [-0.39, 0.29) is 18.1 Å². The second-order valence-corrected chi connectivity index (χ2v) is 9.56. The molecule has 1 heterocycles. The molecule has 0 atom stereocenters. The number of anilines is 1. The number of hydrogen-bond acceptors (Lipinski definition) is 4. The van der Waals surface area contributed by atoms with E-state index in [1.165, 1.54) is 18.2 Å². The predicted octanol–water partition coefficient (Wildman–Crippen LogP) is 2.61. The second-order valence-electron chi connectivity index (χ2n) is 6.78. The molecule has 0 aliphatic carbocycles. The van der Waals surface area contributed by atoms with Crippen LogP contribution >= 0.6 is 23.2 Å². The maximum Gasteiger partial charge on any atom is 0.240 e. The Balaban J connectivity index is 1.92. The van der Waals surface area contributed by atoms with E-state index in [1.807, 2.05) is 0 Å². The van der Waals surface area contributed by atoms with E-state index in [4.69, 9.17) is 23.2 Å². The van der Waals surface area contributed by atoms with E-state index in [9.17, 15) is 13.2 Å². The molecular weight excluding hydrogens is 397 g/mol. The quantitative estimate of drug-likeness (QED) is 0.734. The van der Waals surface area contributed by atoms with Crippen molar-refractivity contribution in [2.45, 2.75) is 19.3 Å². The fourth-order valence-electron chi connectivity index (χ4n) is 3.04. The average Bonchev–Trinajstić information content (AvgIpc) is 2.52. The molecule has 1 aliphatic heterocycles. The minimum atomic E-state index is -3.65. The molecular formula is C17H25Cl2N3O3S. The summed E-state index contributed by atoms with van der Waals surface area (Å²) in [6, 6.07) is 4.45. The maximum atomic E-state index is 12.2. The van der Waals surface area contributed by atoms with E-state index in [2.05, 4.69) is 17.3 Å². The fraction of sp³-hybridized carbons (Fsp3) is 0.588. The van der Waals surface area contributed by atoms with Crippen LogP contribution < -0.4 is 9.62 Å². The molecule has 6 nitrogen and oxygen atoms in total. The number of benzene rings is 1. The van der Waals surface area contributed by atoms with Crippen molar-refractivity contribution < 1.29 is 13.2 Å².